The molecule has 3 aromatic rings. The monoisotopic (exact) mass is 598 g/mol. The van der Waals surface area contributed by atoms with Gasteiger partial charge in [-0.15, -0.1) is 9.24 Å². The quantitative estimate of drug-likeness (QED) is 0.271. The van der Waals surface area contributed by atoms with Crippen molar-refractivity contribution in [3.63, 3.8) is 0 Å². The van der Waals surface area contributed by atoms with Gasteiger partial charge in [0.1, 0.15) is 23.9 Å². The molecule has 0 aliphatic carbocycles. The molecule has 4 rings (SSSR count). The first kappa shape index (κ1) is 30.3. The maximum atomic E-state index is 14.5. The van der Waals surface area contributed by atoms with E-state index >= 15 is 0 Å². The molecule has 0 radical (unpaired) electrons. The van der Waals surface area contributed by atoms with Crippen LogP contribution in [0.2, 0.25) is 0 Å². The first-order valence-electron chi connectivity index (χ1n) is 12.7. The summed E-state index contributed by atoms with van der Waals surface area (Å²) in [5.41, 5.74) is -0.773. The molecule has 1 aliphatic heterocycles. The normalized spacial score (nSPS) is 13.2. The smallest absolute Gasteiger partial charge is 0.355 e. The van der Waals surface area contributed by atoms with Gasteiger partial charge in [0.25, 0.3) is 11.5 Å². The van der Waals surface area contributed by atoms with Gasteiger partial charge in [0, 0.05) is 37.1 Å². The van der Waals surface area contributed by atoms with Gasteiger partial charge in [0.2, 0.25) is 5.95 Å². The Kier molecular flexibility index (Phi) is 9.31. The van der Waals surface area contributed by atoms with Crippen LogP contribution < -0.4 is 27.0 Å². The number of amides is 1. The van der Waals surface area contributed by atoms with Crippen LogP contribution in [0.25, 0.3) is 0 Å². The molecule has 1 atom stereocenters. The number of pyridine rings is 1. The Labute approximate surface area is 241 Å². The topological polar surface area (TPSA) is 131 Å². The summed E-state index contributed by atoms with van der Waals surface area (Å²) in [4.78, 5) is 59.5. The summed E-state index contributed by atoms with van der Waals surface area (Å²) in [5.74, 6) is -0.710. The highest BCUT2D eigenvalue weighted by molar-refractivity contribution is 7.22. The third-order valence-corrected chi connectivity index (χ3v) is 6.85. The molecule has 42 heavy (non-hydrogen) atoms. The van der Waals surface area contributed by atoms with E-state index in [1.807, 2.05) is 9.24 Å². The van der Waals surface area contributed by atoms with E-state index in [0.717, 1.165) is 26.5 Å². The summed E-state index contributed by atoms with van der Waals surface area (Å²) in [7, 11) is 5.02. The van der Waals surface area contributed by atoms with Crippen LogP contribution >= 0.6 is 9.24 Å². The van der Waals surface area contributed by atoms with Crippen molar-refractivity contribution in [2.75, 3.05) is 32.7 Å². The molecule has 0 fully saturated rings. The lowest BCUT2D eigenvalue weighted by molar-refractivity contribution is 0.0821. The Morgan fingerprint density at radius 1 is 1.24 bits per heavy atom. The van der Waals surface area contributed by atoms with Gasteiger partial charge in [-0.25, -0.2) is 22.9 Å². The van der Waals surface area contributed by atoms with E-state index in [4.69, 9.17) is 4.74 Å². The van der Waals surface area contributed by atoms with Crippen LogP contribution in [-0.2, 0) is 19.5 Å². The number of carbonyl (C=O) groups excluding carboxylic acids is 1. The largest absolute Gasteiger partial charge is 0.493 e. The lowest BCUT2D eigenvalue weighted by atomic mass is 10.1. The number of carbonyl (C=O) groups is 1. The standard InChI is InChI=1S/C28H29F2N6O5P/c1-4-16(11-20(30)23(42)13-29)14-35-26(31-19-6-8-22-17(12-19)9-10-41-22)33-27(39)36(28(35)40)15-18-5-7-21(32-24(18)37)25(38)34(2)3/h4-8,11-12H,1,9-10,13-15,42H2,2-3H3,(H,32,37)(H,31,33,39)/b16-11+,23-20-. The summed E-state index contributed by atoms with van der Waals surface area (Å²) in [5, 5.41) is 2.75. The van der Waals surface area contributed by atoms with Crippen LogP contribution in [0.15, 0.2) is 80.2 Å². The maximum absolute atomic E-state index is 14.5. The number of aromatic amines is 1. The van der Waals surface area contributed by atoms with E-state index in [9.17, 15) is 28.0 Å². The molecule has 0 saturated heterocycles. The summed E-state index contributed by atoms with van der Waals surface area (Å²) < 4.78 is 34.8. The zero-order valence-corrected chi connectivity index (χ0v) is 24.1. The average molecular weight is 599 g/mol. The second kappa shape index (κ2) is 12.9. The minimum Gasteiger partial charge on any atom is -0.493 e. The number of nitrogens with zero attached hydrogens (tertiary/aromatic N) is 4. The average Bonchev–Trinajstić information content (AvgIpc) is 3.44. The first-order chi connectivity index (χ1) is 20.0. The van der Waals surface area contributed by atoms with Crippen LogP contribution in [0.1, 0.15) is 21.6 Å². The highest BCUT2D eigenvalue weighted by Crippen LogP contribution is 2.29. The third-order valence-electron chi connectivity index (χ3n) is 6.42. The van der Waals surface area contributed by atoms with E-state index in [0.29, 0.717) is 18.7 Å². The van der Waals surface area contributed by atoms with Crippen molar-refractivity contribution in [3.8, 4) is 5.75 Å². The predicted octanol–water partition coefficient (Wildman–Crippen LogP) is 2.66. The maximum Gasteiger partial charge on any atom is 0.355 e. The molecule has 0 spiro atoms. The van der Waals surface area contributed by atoms with Gasteiger partial charge >= 0.3 is 11.4 Å². The third kappa shape index (κ3) is 6.63. The number of benzene rings is 1. The van der Waals surface area contributed by atoms with Crippen molar-refractivity contribution in [3.05, 3.63) is 114 Å². The molecule has 1 unspecified atom stereocenters. The Morgan fingerprint density at radius 3 is 2.67 bits per heavy atom. The van der Waals surface area contributed by atoms with E-state index in [1.165, 1.54) is 37.2 Å². The summed E-state index contributed by atoms with van der Waals surface area (Å²) in [6.45, 7) is 2.41. The highest BCUT2D eigenvalue weighted by atomic mass is 31.0. The second-order valence-electron chi connectivity index (χ2n) is 9.57. The van der Waals surface area contributed by atoms with Crippen LogP contribution in [0, 0.1) is 0 Å². The Hall–Kier alpha value is -4.64. The number of nitrogens with one attached hydrogen (secondary N) is 2. The van der Waals surface area contributed by atoms with Gasteiger partial charge in [-0.3, -0.25) is 14.2 Å². The van der Waals surface area contributed by atoms with Crippen LogP contribution in [0.4, 0.5) is 20.4 Å². The van der Waals surface area contributed by atoms with Gasteiger partial charge in [-0.05, 0) is 47.5 Å². The second-order valence-corrected chi connectivity index (χ2v) is 10.3. The van der Waals surface area contributed by atoms with E-state index in [-0.39, 0.29) is 34.6 Å². The van der Waals surface area contributed by atoms with Gasteiger partial charge in [0.05, 0.1) is 19.7 Å². The molecule has 3 heterocycles. The zero-order valence-electron chi connectivity index (χ0n) is 22.9. The molecular formula is C28H29F2N6O5P. The number of ether oxygens (including phenoxy) is 1. The number of allylic oxidation sites excluding steroid dienone is 5. The minimum atomic E-state index is -1.04. The molecule has 2 aromatic heterocycles. The fourth-order valence-electron chi connectivity index (χ4n) is 4.13. The summed E-state index contributed by atoms with van der Waals surface area (Å²) in [6, 6.07) is 7.96. The zero-order chi connectivity index (χ0) is 30.6. The van der Waals surface area contributed by atoms with Crippen molar-refractivity contribution in [1.29, 1.82) is 0 Å². The number of fused-ring (bicyclic) bond motifs is 1. The first-order valence-corrected chi connectivity index (χ1v) is 13.3. The van der Waals surface area contributed by atoms with Crippen LogP contribution in [-0.4, -0.2) is 57.3 Å². The Bertz CT molecular complexity index is 1790. The number of hydrogen-bond donors (Lipinski definition) is 2. The molecule has 0 bridgehead atoms. The predicted molar refractivity (Wildman–Crippen MR) is 158 cm³/mol. The molecule has 11 nitrogen and oxygen atoms in total. The molecule has 2 N–H and O–H groups in total. The lowest BCUT2D eigenvalue weighted by Crippen LogP contribution is -2.43. The van der Waals surface area contributed by atoms with Gasteiger partial charge in [-0.1, -0.05) is 12.7 Å². The Morgan fingerprint density at radius 2 is 2.00 bits per heavy atom. The highest BCUT2D eigenvalue weighted by Gasteiger charge is 2.19. The molecule has 220 valence electrons. The molecule has 14 heteroatoms. The molecule has 1 aliphatic rings. The molecule has 1 aromatic carbocycles. The van der Waals surface area contributed by atoms with E-state index in [2.05, 4.69) is 21.9 Å². The number of halogens is 2. The van der Waals surface area contributed by atoms with Gasteiger partial charge in [0.15, 0.2) is 0 Å². The fourth-order valence-corrected chi connectivity index (χ4v) is 4.21. The van der Waals surface area contributed by atoms with Crippen LogP contribution in [0.3, 0.4) is 0 Å². The number of anilines is 2. The van der Waals surface area contributed by atoms with Crippen molar-refractivity contribution >= 4 is 26.8 Å². The number of rotatable bonds is 10. The fraction of sp³-hybridized carbons (Fsp3) is 0.250. The summed E-state index contributed by atoms with van der Waals surface area (Å²) in [6.07, 6.45) is 3.00. The van der Waals surface area contributed by atoms with E-state index < -0.39 is 41.9 Å². The Balaban J connectivity index is 1.79. The number of aromatic nitrogens is 4. The number of hydrogen-bond acceptors (Lipinski definition) is 7. The molecule has 0 saturated carbocycles. The molecule has 1 amide bonds. The lowest BCUT2D eigenvalue weighted by Gasteiger charge is -2.16. The van der Waals surface area contributed by atoms with Crippen molar-refractivity contribution in [2.45, 2.75) is 19.5 Å². The van der Waals surface area contributed by atoms with Crippen LogP contribution in [0.5, 0.6) is 5.75 Å². The van der Waals surface area contributed by atoms with Crippen molar-refractivity contribution in [2.24, 2.45) is 0 Å². The number of alkyl halides is 1. The van der Waals surface area contributed by atoms with Crippen molar-refractivity contribution in [1.82, 2.24) is 24.0 Å². The number of H-pyrrole nitrogens is 1. The van der Waals surface area contributed by atoms with Crippen molar-refractivity contribution < 1.29 is 18.3 Å². The molecular weight excluding hydrogens is 569 g/mol. The minimum absolute atomic E-state index is 0.0289. The summed E-state index contributed by atoms with van der Waals surface area (Å²) >= 11 is 0. The SMILES string of the molecule is C=C/C(=C\C(F)=C(\P)CF)Cn1c(Nc2ccc3c(c2)CCO3)nc(=O)n(Cc2ccc(C(=O)N(C)C)[nH]c2=O)c1=O. The van der Waals surface area contributed by atoms with Gasteiger partial charge in [-0.2, -0.15) is 4.98 Å². The van der Waals surface area contributed by atoms with Gasteiger partial charge < -0.3 is 19.9 Å². The van der Waals surface area contributed by atoms with E-state index in [1.54, 1.807) is 18.2 Å².